The number of aryl methyl sites for hydroxylation is 1. The van der Waals surface area contributed by atoms with Crippen molar-refractivity contribution in [1.29, 1.82) is 0 Å². The molecule has 0 saturated heterocycles. The fourth-order valence-electron chi connectivity index (χ4n) is 2.06. The quantitative estimate of drug-likeness (QED) is 0.852. The van der Waals surface area contributed by atoms with Crippen LogP contribution in [0.2, 0.25) is 0 Å². The molecule has 2 aromatic rings. The molecule has 0 spiro atoms. The van der Waals surface area contributed by atoms with Crippen molar-refractivity contribution in [2.45, 2.75) is 16.7 Å². The minimum atomic E-state index is -0.313. The van der Waals surface area contributed by atoms with E-state index in [2.05, 4.69) is 5.32 Å². The van der Waals surface area contributed by atoms with Gasteiger partial charge in [-0.3, -0.25) is 14.9 Å². The molecule has 0 radical (unpaired) electrons. The average molecular weight is 269 g/mol. The number of fused-ring (bicyclic) bond motifs is 1. The normalized spacial score (nSPS) is 13.3. The number of imide groups is 1. The van der Waals surface area contributed by atoms with Gasteiger partial charge in [0.2, 0.25) is 0 Å². The Balaban J connectivity index is 2.06. The highest BCUT2D eigenvalue weighted by molar-refractivity contribution is 7.99. The highest BCUT2D eigenvalue weighted by atomic mass is 32.2. The summed E-state index contributed by atoms with van der Waals surface area (Å²) in [6.45, 7) is 2.02. The first-order valence-corrected chi connectivity index (χ1v) is 6.70. The topological polar surface area (TPSA) is 46.2 Å². The van der Waals surface area contributed by atoms with Crippen molar-refractivity contribution in [3.8, 4) is 0 Å². The number of rotatable bonds is 2. The molecule has 3 rings (SSSR count). The third-order valence-electron chi connectivity index (χ3n) is 3.04. The largest absolute Gasteiger partial charge is 0.288 e. The third-order valence-corrected chi connectivity index (χ3v) is 4.28. The Morgan fingerprint density at radius 2 is 1.63 bits per heavy atom. The van der Waals surface area contributed by atoms with E-state index in [1.165, 1.54) is 11.8 Å². The first-order chi connectivity index (χ1) is 9.16. The van der Waals surface area contributed by atoms with Crippen LogP contribution in [0, 0.1) is 6.92 Å². The molecule has 1 aliphatic rings. The van der Waals surface area contributed by atoms with Gasteiger partial charge in [-0.1, -0.05) is 36.0 Å². The SMILES string of the molecule is Cc1ccccc1Sc1cccc2c1C(=O)NC2=O. The van der Waals surface area contributed by atoms with Gasteiger partial charge in [0.25, 0.3) is 11.8 Å². The zero-order valence-electron chi connectivity index (χ0n) is 10.3. The van der Waals surface area contributed by atoms with Crippen LogP contribution in [-0.4, -0.2) is 11.8 Å². The van der Waals surface area contributed by atoms with E-state index in [1.54, 1.807) is 12.1 Å². The minimum Gasteiger partial charge on any atom is -0.288 e. The van der Waals surface area contributed by atoms with Crippen molar-refractivity contribution in [2.24, 2.45) is 0 Å². The summed E-state index contributed by atoms with van der Waals surface area (Å²) in [4.78, 5) is 25.3. The molecule has 3 nitrogen and oxygen atoms in total. The maximum atomic E-state index is 11.8. The number of carbonyl (C=O) groups is 2. The monoisotopic (exact) mass is 269 g/mol. The Morgan fingerprint density at radius 3 is 2.42 bits per heavy atom. The van der Waals surface area contributed by atoms with Gasteiger partial charge in [-0.15, -0.1) is 0 Å². The lowest BCUT2D eigenvalue weighted by atomic mass is 10.1. The fourth-order valence-corrected chi connectivity index (χ4v) is 3.13. The summed E-state index contributed by atoms with van der Waals surface area (Å²) in [5.74, 6) is -0.621. The van der Waals surface area contributed by atoms with Crippen molar-refractivity contribution < 1.29 is 9.59 Å². The van der Waals surface area contributed by atoms with Crippen LogP contribution in [0.1, 0.15) is 26.3 Å². The maximum Gasteiger partial charge on any atom is 0.260 e. The van der Waals surface area contributed by atoms with Gasteiger partial charge in [0.05, 0.1) is 11.1 Å². The molecular weight excluding hydrogens is 258 g/mol. The number of amides is 2. The smallest absolute Gasteiger partial charge is 0.260 e. The van der Waals surface area contributed by atoms with Gasteiger partial charge in [-0.05, 0) is 30.7 Å². The molecule has 0 atom stereocenters. The molecule has 0 aliphatic carbocycles. The Morgan fingerprint density at radius 1 is 0.895 bits per heavy atom. The Labute approximate surface area is 115 Å². The van der Waals surface area contributed by atoms with Crippen LogP contribution in [0.15, 0.2) is 52.3 Å². The van der Waals surface area contributed by atoms with Gasteiger partial charge in [-0.25, -0.2) is 0 Å². The summed E-state index contributed by atoms with van der Waals surface area (Å²) in [5, 5.41) is 2.33. The molecule has 1 aliphatic heterocycles. The summed E-state index contributed by atoms with van der Waals surface area (Å²) < 4.78 is 0. The number of nitrogens with one attached hydrogen (secondary N) is 1. The highest BCUT2D eigenvalue weighted by Gasteiger charge is 2.29. The second-order valence-electron chi connectivity index (χ2n) is 4.33. The summed E-state index contributed by atoms with van der Waals surface area (Å²) in [6.07, 6.45) is 0. The zero-order chi connectivity index (χ0) is 13.4. The number of carbonyl (C=O) groups excluding carboxylic acids is 2. The Bertz CT molecular complexity index is 694. The van der Waals surface area contributed by atoms with Crippen molar-refractivity contribution in [1.82, 2.24) is 5.32 Å². The van der Waals surface area contributed by atoms with Crippen LogP contribution in [0.25, 0.3) is 0 Å². The Hall–Kier alpha value is -2.07. The van der Waals surface area contributed by atoms with E-state index < -0.39 is 0 Å². The van der Waals surface area contributed by atoms with Crippen molar-refractivity contribution >= 4 is 23.6 Å². The predicted octanol–water partition coefficient (Wildman–Crippen LogP) is 3.03. The second kappa shape index (κ2) is 4.55. The van der Waals surface area contributed by atoms with Gasteiger partial charge >= 0.3 is 0 Å². The van der Waals surface area contributed by atoms with E-state index in [1.807, 2.05) is 37.3 Å². The molecule has 2 amide bonds. The van der Waals surface area contributed by atoms with Crippen LogP contribution < -0.4 is 5.32 Å². The van der Waals surface area contributed by atoms with Crippen molar-refractivity contribution in [3.05, 3.63) is 59.2 Å². The third kappa shape index (κ3) is 2.04. The van der Waals surface area contributed by atoms with E-state index in [0.29, 0.717) is 11.1 Å². The molecule has 2 aromatic carbocycles. The van der Waals surface area contributed by atoms with E-state index in [-0.39, 0.29) is 11.8 Å². The van der Waals surface area contributed by atoms with Crippen molar-refractivity contribution in [2.75, 3.05) is 0 Å². The highest BCUT2D eigenvalue weighted by Crippen LogP contribution is 2.35. The number of hydrogen-bond acceptors (Lipinski definition) is 3. The fraction of sp³-hybridized carbons (Fsp3) is 0.0667. The lowest BCUT2D eigenvalue weighted by Gasteiger charge is -2.07. The zero-order valence-corrected chi connectivity index (χ0v) is 11.1. The van der Waals surface area contributed by atoms with E-state index >= 15 is 0 Å². The summed E-state index contributed by atoms with van der Waals surface area (Å²) >= 11 is 1.51. The second-order valence-corrected chi connectivity index (χ2v) is 5.41. The molecule has 0 aromatic heterocycles. The maximum absolute atomic E-state index is 11.8. The lowest BCUT2D eigenvalue weighted by Crippen LogP contribution is -2.20. The molecule has 4 heteroatoms. The molecule has 0 bridgehead atoms. The molecule has 1 heterocycles. The van der Waals surface area contributed by atoms with Gasteiger partial charge in [0, 0.05) is 9.79 Å². The summed E-state index contributed by atoms with van der Waals surface area (Å²) in [7, 11) is 0. The Kier molecular flexibility index (Phi) is 2.87. The summed E-state index contributed by atoms with van der Waals surface area (Å²) in [5.41, 5.74) is 2.10. The molecule has 0 saturated carbocycles. The van der Waals surface area contributed by atoms with Gasteiger partial charge in [-0.2, -0.15) is 0 Å². The molecule has 19 heavy (non-hydrogen) atoms. The number of benzene rings is 2. The van der Waals surface area contributed by atoms with Crippen LogP contribution in [0.5, 0.6) is 0 Å². The lowest BCUT2D eigenvalue weighted by molar-refractivity contribution is 0.0879. The van der Waals surface area contributed by atoms with E-state index in [0.717, 1.165) is 15.4 Å². The first-order valence-electron chi connectivity index (χ1n) is 5.89. The van der Waals surface area contributed by atoms with E-state index in [9.17, 15) is 9.59 Å². The molecular formula is C15H11NO2S. The van der Waals surface area contributed by atoms with Crippen LogP contribution in [-0.2, 0) is 0 Å². The predicted molar refractivity (Wildman–Crippen MR) is 73.5 cm³/mol. The molecule has 0 unspecified atom stereocenters. The first kappa shape index (κ1) is 12.0. The van der Waals surface area contributed by atoms with Gasteiger partial charge < -0.3 is 0 Å². The summed E-state index contributed by atoms with van der Waals surface area (Å²) in [6, 6.07) is 13.3. The molecule has 0 fully saturated rings. The van der Waals surface area contributed by atoms with Crippen molar-refractivity contribution in [3.63, 3.8) is 0 Å². The minimum absolute atomic E-state index is 0.309. The molecule has 1 N–H and O–H groups in total. The standard InChI is InChI=1S/C15H11NO2S/c1-9-5-2-3-7-11(9)19-12-8-4-6-10-13(12)15(18)16-14(10)17/h2-8H,1H3,(H,16,17,18). The van der Waals surface area contributed by atoms with Crippen LogP contribution >= 0.6 is 11.8 Å². The van der Waals surface area contributed by atoms with Crippen LogP contribution in [0.4, 0.5) is 0 Å². The van der Waals surface area contributed by atoms with Gasteiger partial charge in [0.1, 0.15) is 0 Å². The van der Waals surface area contributed by atoms with Gasteiger partial charge in [0.15, 0.2) is 0 Å². The average Bonchev–Trinajstić information content (AvgIpc) is 2.69. The van der Waals surface area contributed by atoms with E-state index in [4.69, 9.17) is 0 Å². The molecule has 94 valence electrons. The number of hydrogen-bond donors (Lipinski definition) is 1. The van der Waals surface area contributed by atoms with Crippen LogP contribution in [0.3, 0.4) is 0 Å².